The van der Waals surface area contributed by atoms with Crippen molar-refractivity contribution in [3.63, 3.8) is 0 Å². The van der Waals surface area contributed by atoms with Gasteiger partial charge in [0.15, 0.2) is 0 Å². The third-order valence-electron chi connectivity index (χ3n) is 3.21. The van der Waals surface area contributed by atoms with Crippen LogP contribution in [0.3, 0.4) is 0 Å². The molecule has 92 valence electrons. The lowest BCUT2D eigenvalue weighted by molar-refractivity contribution is -1.13. The fourth-order valence-electron chi connectivity index (χ4n) is 1.75. The summed E-state index contributed by atoms with van der Waals surface area (Å²) in [5.41, 5.74) is -0.550. The van der Waals surface area contributed by atoms with Gasteiger partial charge in [0.1, 0.15) is 13.6 Å². The minimum absolute atomic E-state index is 0.0881. The van der Waals surface area contributed by atoms with E-state index in [0.29, 0.717) is 19.7 Å². The maximum atomic E-state index is 11.3. The molecular formula is C11H21N2O3+. The Balaban J connectivity index is 2.84. The van der Waals surface area contributed by atoms with Crippen LogP contribution in [0, 0.1) is 0 Å². The second-order valence-corrected chi connectivity index (χ2v) is 4.23. The highest BCUT2D eigenvalue weighted by Crippen LogP contribution is 2.26. The smallest absolute Gasteiger partial charge is 0.322 e. The van der Waals surface area contributed by atoms with Gasteiger partial charge in [-0.2, -0.15) is 0 Å². The first-order valence-corrected chi connectivity index (χ1v) is 5.54. The second-order valence-electron chi connectivity index (χ2n) is 4.23. The first kappa shape index (κ1) is 13.2. The van der Waals surface area contributed by atoms with Crippen LogP contribution in [0.5, 0.6) is 0 Å². The largest absolute Gasteiger partial charge is 0.389 e. The fourth-order valence-corrected chi connectivity index (χ4v) is 1.75. The first-order valence-electron chi connectivity index (χ1n) is 5.54. The van der Waals surface area contributed by atoms with Gasteiger partial charge in [0, 0.05) is 19.5 Å². The van der Waals surface area contributed by atoms with Crippen molar-refractivity contribution in [2.75, 3.05) is 33.3 Å². The van der Waals surface area contributed by atoms with Crippen molar-refractivity contribution in [1.29, 1.82) is 0 Å². The van der Waals surface area contributed by atoms with Crippen LogP contribution in [0.4, 0.5) is 0 Å². The molecule has 1 N–H and O–H groups in total. The minimum atomic E-state index is -0.550. The summed E-state index contributed by atoms with van der Waals surface area (Å²) in [5, 5.41) is 3.25. The molecule has 0 aromatic rings. The summed E-state index contributed by atoms with van der Waals surface area (Å²) in [7, 11) is 1.84. The van der Waals surface area contributed by atoms with E-state index in [4.69, 9.17) is 9.57 Å². The van der Waals surface area contributed by atoms with Gasteiger partial charge in [-0.25, -0.2) is 4.79 Å². The van der Waals surface area contributed by atoms with Crippen LogP contribution in [-0.2, 0) is 14.4 Å². The highest BCUT2D eigenvalue weighted by molar-refractivity contribution is 5.80. The van der Waals surface area contributed by atoms with Crippen molar-refractivity contribution in [2.24, 2.45) is 0 Å². The standard InChI is InChI=1S/C11H21N2O3/c1-5-10(14)16-13(4,6-2)11(3)9-12-7-8-15-11/h5,12H,1,6-9H2,2-4H3/q+1. The van der Waals surface area contributed by atoms with Crippen LogP contribution in [0.1, 0.15) is 13.8 Å². The predicted molar refractivity (Wildman–Crippen MR) is 60.2 cm³/mol. The molecule has 0 bridgehead atoms. The molecule has 16 heavy (non-hydrogen) atoms. The van der Waals surface area contributed by atoms with Crippen molar-refractivity contribution < 1.29 is 19.0 Å². The zero-order valence-corrected chi connectivity index (χ0v) is 10.3. The van der Waals surface area contributed by atoms with Crippen LogP contribution in [-0.4, -0.2) is 49.6 Å². The average Bonchev–Trinajstić information content (AvgIpc) is 2.29. The van der Waals surface area contributed by atoms with Gasteiger partial charge in [0.05, 0.1) is 13.2 Å². The number of carbonyl (C=O) groups is 1. The third kappa shape index (κ3) is 2.42. The Morgan fingerprint density at radius 3 is 2.88 bits per heavy atom. The number of rotatable bonds is 4. The molecule has 2 unspecified atom stereocenters. The Labute approximate surface area is 96.6 Å². The Morgan fingerprint density at radius 1 is 1.75 bits per heavy atom. The normalized spacial score (nSPS) is 29.2. The van der Waals surface area contributed by atoms with E-state index in [9.17, 15) is 4.79 Å². The van der Waals surface area contributed by atoms with E-state index in [2.05, 4.69) is 11.9 Å². The molecule has 0 spiro atoms. The zero-order chi connectivity index (χ0) is 12.2. The summed E-state index contributed by atoms with van der Waals surface area (Å²) >= 11 is 0. The number of nitrogens with one attached hydrogen (secondary N) is 1. The molecule has 5 nitrogen and oxygen atoms in total. The van der Waals surface area contributed by atoms with Gasteiger partial charge in [-0.05, 0) is 6.92 Å². The Morgan fingerprint density at radius 2 is 2.44 bits per heavy atom. The van der Waals surface area contributed by atoms with Gasteiger partial charge in [0.2, 0.25) is 0 Å². The third-order valence-corrected chi connectivity index (χ3v) is 3.21. The van der Waals surface area contributed by atoms with E-state index in [1.54, 1.807) is 0 Å². The molecule has 5 heteroatoms. The average molecular weight is 229 g/mol. The number of carbonyl (C=O) groups excluding carboxylic acids is 1. The van der Waals surface area contributed by atoms with Crippen LogP contribution in [0.2, 0.25) is 0 Å². The van der Waals surface area contributed by atoms with Crippen molar-refractivity contribution in [3.05, 3.63) is 12.7 Å². The number of quaternary nitrogens is 1. The highest BCUT2D eigenvalue weighted by atomic mass is 16.8. The van der Waals surface area contributed by atoms with Gasteiger partial charge >= 0.3 is 5.97 Å². The molecular weight excluding hydrogens is 208 g/mol. The molecule has 0 aromatic carbocycles. The maximum absolute atomic E-state index is 11.3. The molecule has 0 amide bonds. The zero-order valence-electron chi connectivity index (χ0n) is 10.3. The monoisotopic (exact) mass is 229 g/mol. The van der Waals surface area contributed by atoms with E-state index < -0.39 is 11.7 Å². The van der Waals surface area contributed by atoms with E-state index in [0.717, 1.165) is 6.54 Å². The van der Waals surface area contributed by atoms with Crippen LogP contribution in [0.15, 0.2) is 12.7 Å². The Kier molecular flexibility index (Phi) is 4.07. The summed E-state index contributed by atoms with van der Waals surface area (Å²) in [6.45, 7) is 10.0. The molecule has 1 aliphatic rings. The maximum Gasteiger partial charge on any atom is 0.389 e. The number of hydrogen-bond acceptors (Lipinski definition) is 4. The molecule has 0 aromatic heterocycles. The first-order chi connectivity index (χ1) is 7.47. The highest BCUT2D eigenvalue weighted by Gasteiger charge is 2.49. The van der Waals surface area contributed by atoms with Gasteiger partial charge < -0.3 is 10.1 Å². The molecule has 1 fully saturated rings. The number of ether oxygens (including phenoxy) is 1. The number of hydrogen-bond donors (Lipinski definition) is 1. The predicted octanol–water partition coefficient (Wildman–Crippen LogP) is 0.433. The number of hydroxylamine groups is 3. The molecule has 0 saturated carbocycles. The van der Waals surface area contributed by atoms with Crippen LogP contribution in [0.25, 0.3) is 0 Å². The van der Waals surface area contributed by atoms with Gasteiger partial charge in [-0.15, -0.1) is 4.65 Å². The number of nitrogens with zero attached hydrogens (tertiary/aromatic N) is 1. The SMILES string of the molecule is C=CC(=O)O[N+](C)(CC)C1(C)CNCCO1. The Bertz CT molecular complexity index is 274. The van der Waals surface area contributed by atoms with Gasteiger partial charge in [-0.3, -0.25) is 4.84 Å². The minimum Gasteiger partial charge on any atom is -0.322 e. The van der Waals surface area contributed by atoms with E-state index in [1.165, 1.54) is 6.08 Å². The van der Waals surface area contributed by atoms with Gasteiger partial charge in [-0.1, -0.05) is 6.58 Å². The number of likely N-dealkylation sites (N-methyl/N-ethyl adjacent to an activating group) is 1. The summed E-state index contributed by atoms with van der Waals surface area (Å²) in [6.07, 6.45) is 1.17. The molecule has 2 atom stereocenters. The summed E-state index contributed by atoms with van der Waals surface area (Å²) in [4.78, 5) is 16.7. The molecule has 1 aliphatic heterocycles. The quantitative estimate of drug-likeness (QED) is 0.431. The fraction of sp³-hybridized carbons (Fsp3) is 0.727. The molecule has 0 aliphatic carbocycles. The summed E-state index contributed by atoms with van der Waals surface area (Å²) in [5.74, 6) is -0.431. The van der Waals surface area contributed by atoms with Crippen LogP contribution < -0.4 is 5.32 Å². The lowest BCUT2D eigenvalue weighted by Crippen LogP contribution is -2.68. The van der Waals surface area contributed by atoms with Crippen molar-refractivity contribution in [2.45, 2.75) is 19.6 Å². The van der Waals surface area contributed by atoms with Crippen molar-refractivity contribution in [3.8, 4) is 0 Å². The van der Waals surface area contributed by atoms with E-state index >= 15 is 0 Å². The van der Waals surface area contributed by atoms with Crippen molar-refractivity contribution >= 4 is 5.97 Å². The van der Waals surface area contributed by atoms with E-state index in [-0.39, 0.29) is 4.65 Å². The van der Waals surface area contributed by atoms with E-state index in [1.807, 2.05) is 20.9 Å². The van der Waals surface area contributed by atoms with Crippen LogP contribution >= 0.6 is 0 Å². The summed E-state index contributed by atoms with van der Waals surface area (Å²) in [6, 6.07) is 0. The molecule has 0 radical (unpaired) electrons. The topological polar surface area (TPSA) is 47.6 Å². The number of morpholine rings is 1. The summed E-state index contributed by atoms with van der Waals surface area (Å²) < 4.78 is 5.85. The molecule has 1 saturated heterocycles. The second kappa shape index (κ2) is 4.95. The molecule has 1 heterocycles. The lowest BCUT2D eigenvalue weighted by atomic mass is 10.2. The Hall–Kier alpha value is -0.910. The van der Waals surface area contributed by atoms with Gasteiger partial charge in [0.25, 0.3) is 5.72 Å². The molecule has 1 rings (SSSR count). The lowest BCUT2D eigenvalue weighted by Gasteiger charge is -2.45. The van der Waals surface area contributed by atoms with Crippen molar-refractivity contribution in [1.82, 2.24) is 5.32 Å².